The molecule has 44 heavy (non-hydrogen) atoms. The Balaban J connectivity index is 1.28. The Morgan fingerprint density at radius 3 is 2.41 bits per heavy atom. The Hall–Kier alpha value is -3.83. The summed E-state index contributed by atoms with van der Waals surface area (Å²) < 4.78 is 7.05. The Labute approximate surface area is 275 Å². The van der Waals surface area contributed by atoms with E-state index in [9.17, 15) is 24.3 Å². The van der Waals surface area contributed by atoms with Crippen molar-refractivity contribution in [3.63, 3.8) is 0 Å². The van der Waals surface area contributed by atoms with E-state index in [1.807, 2.05) is 48.5 Å². The van der Waals surface area contributed by atoms with Gasteiger partial charge in [0.1, 0.15) is 18.1 Å². The second-order valence-electron chi connectivity index (χ2n) is 11.4. The molecule has 7 nitrogen and oxygen atoms in total. The van der Waals surface area contributed by atoms with Crippen LogP contribution in [0, 0.1) is 21.3 Å². The first-order valence-corrected chi connectivity index (χ1v) is 16.1. The second-order valence-corrected chi connectivity index (χ2v) is 13.5. The number of fused-ring (bicyclic) bond motifs is 3. The number of ether oxygens (including phenoxy) is 1. The average molecular weight is 762 g/mol. The van der Waals surface area contributed by atoms with Crippen molar-refractivity contribution in [2.45, 2.75) is 25.4 Å². The number of Topliss-reactive ketones (excluding diaryl/α,β-unsaturated/α-hetero) is 1. The minimum atomic E-state index is -0.753. The number of anilines is 1. The Bertz CT molecular complexity index is 1840. The number of phenolic OH excluding ortho intramolecular Hbond substituents is 1. The van der Waals surface area contributed by atoms with Crippen LogP contribution in [0.5, 0.6) is 11.5 Å². The summed E-state index contributed by atoms with van der Waals surface area (Å²) in [7, 11) is 0. The van der Waals surface area contributed by atoms with Crippen molar-refractivity contribution in [1.82, 2.24) is 0 Å². The van der Waals surface area contributed by atoms with E-state index in [1.54, 1.807) is 24.3 Å². The molecule has 0 saturated carbocycles. The summed E-state index contributed by atoms with van der Waals surface area (Å²) in [5, 5.41) is 11.3. The molecule has 9 heteroatoms. The predicted molar refractivity (Wildman–Crippen MR) is 175 cm³/mol. The Kier molecular flexibility index (Phi) is 7.40. The highest BCUT2D eigenvalue weighted by atomic mass is 127. The van der Waals surface area contributed by atoms with E-state index in [0.717, 1.165) is 14.7 Å². The zero-order valence-corrected chi connectivity index (χ0v) is 26.9. The molecule has 0 radical (unpaired) electrons. The highest BCUT2D eigenvalue weighted by Crippen LogP contribution is 2.56. The number of imide groups is 1. The van der Waals surface area contributed by atoms with Crippen molar-refractivity contribution in [2.24, 2.45) is 17.8 Å². The molecule has 0 aromatic heterocycles. The van der Waals surface area contributed by atoms with Crippen LogP contribution in [0.1, 0.15) is 29.9 Å². The van der Waals surface area contributed by atoms with E-state index in [-0.39, 0.29) is 40.0 Å². The number of phenols is 1. The van der Waals surface area contributed by atoms with Crippen molar-refractivity contribution in [2.75, 3.05) is 4.90 Å². The van der Waals surface area contributed by atoms with Gasteiger partial charge in [0.25, 0.3) is 0 Å². The molecule has 1 N–H and O–H groups in total. The Morgan fingerprint density at radius 1 is 0.932 bits per heavy atom. The van der Waals surface area contributed by atoms with Gasteiger partial charge in [-0.2, -0.15) is 0 Å². The molecule has 4 atom stereocenters. The third kappa shape index (κ3) is 4.77. The number of ketones is 2. The molecule has 0 bridgehead atoms. The molecule has 7 rings (SSSR count). The molecule has 1 heterocycles. The third-order valence-corrected chi connectivity index (χ3v) is 10.3. The number of benzene rings is 3. The lowest BCUT2D eigenvalue weighted by Crippen LogP contribution is -2.39. The van der Waals surface area contributed by atoms with Gasteiger partial charge in [-0.3, -0.25) is 24.1 Å². The molecule has 1 saturated heterocycles. The lowest BCUT2D eigenvalue weighted by molar-refractivity contribution is -0.123. The highest BCUT2D eigenvalue weighted by molar-refractivity contribution is 14.1. The molecule has 3 aromatic carbocycles. The highest BCUT2D eigenvalue weighted by Gasteiger charge is 2.56. The molecule has 0 unspecified atom stereocenters. The van der Waals surface area contributed by atoms with Gasteiger partial charge >= 0.3 is 0 Å². The van der Waals surface area contributed by atoms with Crippen LogP contribution in [-0.2, 0) is 25.8 Å². The average Bonchev–Trinajstić information content (AvgIpc) is 3.28. The Morgan fingerprint density at radius 2 is 1.68 bits per heavy atom. The third-order valence-electron chi connectivity index (χ3n) is 8.98. The summed E-state index contributed by atoms with van der Waals surface area (Å²) in [5.74, 6) is -3.36. The zero-order valence-electron chi connectivity index (χ0n) is 23.2. The molecule has 4 aliphatic rings. The van der Waals surface area contributed by atoms with Crippen LogP contribution in [0.2, 0.25) is 0 Å². The van der Waals surface area contributed by atoms with E-state index in [0.29, 0.717) is 41.2 Å². The normalized spacial score (nSPS) is 24.5. The fourth-order valence-electron chi connectivity index (χ4n) is 7.00. The minimum Gasteiger partial charge on any atom is -0.507 e. The van der Waals surface area contributed by atoms with Gasteiger partial charge in [0.2, 0.25) is 11.8 Å². The lowest BCUT2D eigenvalue weighted by Gasteiger charge is -2.42. The summed E-state index contributed by atoms with van der Waals surface area (Å²) in [6.45, 7) is 0.313. The van der Waals surface area contributed by atoms with Crippen molar-refractivity contribution in [1.29, 1.82) is 0 Å². The van der Waals surface area contributed by atoms with Gasteiger partial charge in [-0.05, 0) is 93.2 Å². The number of halogens is 2. The van der Waals surface area contributed by atoms with Gasteiger partial charge in [0.15, 0.2) is 11.6 Å². The minimum absolute atomic E-state index is 0.0840. The number of allylic oxidation sites excluding steroid dienone is 6. The topological polar surface area (TPSA) is 101 Å². The first kappa shape index (κ1) is 28.9. The first-order chi connectivity index (χ1) is 21.2. The second kappa shape index (κ2) is 11.3. The molecular formula is C35H25BrINO6. The van der Waals surface area contributed by atoms with Crippen LogP contribution in [0.4, 0.5) is 5.69 Å². The van der Waals surface area contributed by atoms with Gasteiger partial charge in [-0.25, -0.2) is 0 Å². The first-order valence-electron chi connectivity index (χ1n) is 14.2. The molecule has 3 aliphatic carbocycles. The van der Waals surface area contributed by atoms with E-state index < -0.39 is 23.7 Å². The van der Waals surface area contributed by atoms with Crippen LogP contribution >= 0.6 is 38.5 Å². The van der Waals surface area contributed by atoms with Crippen molar-refractivity contribution in [3.8, 4) is 11.5 Å². The summed E-state index contributed by atoms with van der Waals surface area (Å²) >= 11 is 5.42. The molecular weight excluding hydrogens is 737 g/mol. The van der Waals surface area contributed by atoms with Crippen LogP contribution in [0.25, 0.3) is 0 Å². The predicted octanol–water partition coefficient (Wildman–Crippen LogP) is 6.54. The summed E-state index contributed by atoms with van der Waals surface area (Å²) in [6.07, 6.45) is 3.69. The van der Waals surface area contributed by atoms with Crippen molar-refractivity contribution < 1.29 is 29.0 Å². The molecule has 1 fully saturated rings. The number of amides is 2. The fraction of sp³-hybridized carbons (Fsp3) is 0.200. The molecule has 0 spiro atoms. The van der Waals surface area contributed by atoms with E-state index in [4.69, 9.17) is 4.74 Å². The maximum absolute atomic E-state index is 14.0. The largest absolute Gasteiger partial charge is 0.507 e. The lowest BCUT2D eigenvalue weighted by atomic mass is 9.59. The monoisotopic (exact) mass is 761 g/mol. The maximum atomic E-state index is 14.0. The number of hydrogen-bond acceptors (Lipinski definition) is 6. The number of hydrogen-bond donors (Lipinski definition) is 1. The SMILES string of the molecule is O=C1C=C(Br)C(=O)C2=C1[C@@H](c1ccc(OCc3ccccc3)cc1O)C1=CC[C@@H]3C(=O)N(c4ccc(I)cc4)C(=O)[C@@H]3[C@@H]1C2. The quantitative estimate of drug-likeness (QED) is 0.137. The molecule has 1 aliphatic heterocycles. The van der Waals surface area contributed by atoms with Gasteiger partial charge in [-0.15, -0.1) is 0 Å². The van der Waals surface area contributed by atoms with Crippen LogP contribution < -0.4 is 9.64 Å². The maximum Gasteiger partial charge on any atom is 0.238 e. The van der Waals surface area contributed by atoms with Gasteiger partial charge < -0.3 is 9.84 Å². The summed E-state index contributed by atoms with van der Waals surface area (Å²) in [4.78, 5) is 55.9. The number of carbonyl (C=O) groups excluding carboxylic acids is 4. The summed E-state index contributed by atoms with van der Waals surface area (Å²) in [6, 6.07) is 21.8. The van der Waals surface area contributed by atoms with Gasteiger partial charge in [-0.1, -0.05) is 48.0 Å². The number of carbonyl (C=O) groups is 4. The van der Waals surface area contributed by atoms with E-state index >= 15 is 0 Å². The standard InChI is InChI=1S/C35H25BrINO6/c36-27-16-29(40)32-26(33(27)41)15-25-22(12-13-24-31(25)35(43)38(34(24)42)20-8-6-19(37)7-9-20)30(32)23-11-10-21(14-28(23)39)44-17-18-4-2-1-3-5-18/h1-12,14,16,24-25,30-31,39H,13,15,17H2/t24-,25+,30+,31-/m0/s1. The fourth-order valence-corrected chi connectivity index (χ4v) is 7.81. The van der Waals surface area contributed by atoms with E-state index in [1.165, 1.54) is 17.0 Å². The van der Waals surface area contributed by atoms with Crippen molar-refractivity contribution >= 4 is 67.6 Å². The van der Waals surface area contributed by atoms with Crippen LogP contribution in [-0.4, -0.2) is 28.5 Å². The van der Waals surface area contributed by atoms with Crippen LogP contribution in [0.3, 0.4) is 0 Å². The number of aromatic hydroxyl groups is 1. The number of nitrogens with zero attached hydrogens (tertiary/aromatic N) is 1. The van der Waals surface area contributed by atoms with E-state index in [2.05, 4.69) is 38.5 Å². The van der Waals surface area contributed by atoms with Gasteiger partial charge in [0.05, 0.1) is 22.0 Å². The molecule has 3 aromatic rings. The zero-order chi connectivity index (χ0) is 30.7. The summed E-state index contributed by atoms with van der Waals surface area (Å²) in [5.41, 5.74) is 3.32. The van der Waals surface area contributed by atoms with Crippen molar-refractivity contribution in [3.05, 3.63) is 121 Å². The van der Waals surface area contributed by atoms with Crippen LogP contribution in [0.15, 0.2) is 106 Å². The molecule has 2 amide bonds. The number of rotatable bonds is 5. The van der Waals surface area contributed by atoms with Gasteiger partial charge in [0, 0.05) is 38.3 Å². The molecule has 220 valence electrons. The smallest absolute Gasteiger partial charge is 0.238 e.